The van der Waals surface area contributed by atoms with Crippen LogP contribution in [-0.2, 0) is 0 Å². The standard InChI is InChI=1S/C14H22N2/c1-11-5-6-12(2)13(9-11)14(10-15)16-7-3-4-8-16/h5-6,9,14H,3-4,7-8,10,15H2,1-2H3. The third-order valence-corrected chi connectivity index (χ3v) is 3.60. The van der Waals surface area contributed by atoms with Gasteiger partial charge in [-0.2, -0.15) is 0 Å². The molecule has 2 rings (SSSR count). The molecule has 16 heavy (non-hydrogen) atoms. The second-order valence-corrected chi connectivity index (χ2v) is 4.85. The second kappa shape index (κ2) is 4.98. The molecule has 1 heterocycles. The Morgan fingerprint density at radius 2 is 1.94 bits per heavy atom. The highest BCUT2D eigenvalue weighted by molar-refractivity contribution is 5.33. The van der Waals surface area contributed by atoms with Crippen molar-refractivity contribution < 1.29 is 0 Å². The van der Waals surface area contributed by atoms with Gasteiger partial charge in [0.15, 0.2) is 0 Å². The Bertz CT molecular complexity index is 354. The number of benzene rings is 1. The molecule has 0 saturated carbocycles. The van der Waals surface area contributed by atoms with Crippen LogP contribution in [0.2, 0.25) is 0 Å². The van der Waals surface area contributed by atoms with Crippen LogP contribution in [0.4, 0.5) is 0 Å². The maximum atomic E-state index is 5.96. The molecule has 0 radical (unpaired) electrons. The van der Waals surface area contributed by atoms with Crippen LogP contribution in [0.3, 0.4) is 0 Å². The van der Waals surface area contributed by atoms with Gasteiger partial charge in [0.1, 0.15) is 0 Å². The number of hydrogen-bond acceptors (Lipinski definition) is 2. The van der Waals surface area contributed by atoms with E-state index in [4.69, 9.17) is 5.73 Å². The van der Waals surface area contributed by atoms with Crippen molar-refractivity contribution in [3.8, 4) is 0 Å². The zero-order chi connectivity index (χ0) is 11.5. The topological polar surface area (TPSA) is 29.3 Å². The van der Waals surface area contributed by atoms with Crippen molar-refractivity contribution in [2.45, 2.75) is 32.7 Å². The molecule has 2 nitrogen and oxygen atoms in total. The van der Waals surface area contributed by atoms with Crippen LogP contribution in [0.15, 0.2) is 18.2 Å². The third-order valence-electron chi connectivity index (χ3n) is 3.60. The Morgan fingerprint density at radius 3 is 2.56 bits per heavy atom. The van der Waals surface area contributed by atoms with E-state index in [1.54, 1.807) is 0 Å². The van der Waals surface area contributed by atoms with Crippen molar-refractivity contribution >= 4 is 0 Å². The van der Waals surface area contributed by atoms with Crippen LogP contribution in [0.25, 0.3) is 0 Å². The van der Waals surface area contributed by atoms with E-state index in [9.17, 15) is 0 Å². The van der Waals surface area contributed by atoms with Crippen LogP contribution in [0.1, 0.15) is 35.6 Å². The lowest BCUT2D eigenvalue weighted by molar-refractivity contribution is 0.250. The Hall–Kier alpha value is -0.860. The molecule has 1 aliphatic rings. The molecule has 88 valence electrons. The first kappa shape index (κ1) is 11.6. The summed E-state index contributed by atoms with van der Waals surface area (Å²) in [4.78, 5) is 2.53. The lowest BCUT2D eigenvalue weighted by Gasteiger charge is -2.28. The van der Waals surface area contributed by atoms with E-state index < -0.39 is 0 Å². The molecule has 1 atom stereocenters. The van der Waals surface area contributed by atoms with Gasteiger partial charge < -0.3 is 5.73 Å². The molecule has 0 bridgehead atoms. The molecule has 0 amide bonds. The molecule has 1 saturated heterocycles. The van der Waals surface area contributed by atoms with Crippen LogP contribution >= 0.6 is 0 Å². The summed E-state index contributed by atoms with van der Waals surface area (Å²) in [7, 11) is 0. The van der Waals surface area contributed by atoms with Gasteiger partial charge in [0, 0.05) is 12.6 Å². The van der Waals surface area contributed by atoms with E-state index >= 15 is 0 Å². The summed E-state index contributed by atoms with van der Waals surface area (Å²) in [5, 5.41) is 0. The second-order valence-electron chi connectivity index (χ2n) is 4.85. The lowest BCUT2D eigenvalue weighted by atomic mass is 9.98. The largest absolute Gasteiger partial charge is 0.329 e. The van der Waals surface area contributed by atoms with Gasteiger partial charge in [-0.1, -0.05) is 23.8 Å². The molecule has 2 heteroatoms. The van der Waals surface area contributed by atoms with E-state index in [1.165, 1.54) is 42.6 Å². The molecule has 0 aliphatic carbocycles. The summed E-state index contributed by atoms with van der Waals surface area (Å²) in [6.45, 7) is 7.47. The molecule has 2 N–H and O–H groups in total. The van der Waals surface area contributed by atoms with Gasteiger partial charge in [-0.25, -0.2) is 0 Å². The highest BCUT2D eigenvalue weighted by Crippen LogP contribution is 2.27. The number of nitrogens with two attached hydrogens (primary N) is 1. The molecule has 0 spiro atoms. The SMILES string of the molecule is Cc1ccc(C)c(C(CN)N2CCCC2)c1. The molecule has 1 aromatic carbocycles. The smallest absolute Gasteiger partial charge is 0.0473 e. The molecule has 1 aliphatic heterocycles. The minimum atomic E-state index is 0.419. The monoisotopic (exact) mass is 218 g/mol. The van der Waals surface area contributed by atoms with E-state index in [-0.39, 0.29) is 0 Å². The maximum absolute atomic E-state index is 5.96. The molecule has 1 aromatic rings. The van der Waals surface area contributed by atoms with Crippen molar-refractivity contribution in [1.82, 2.24) is 4.90 Å². The summed E-state index contributed by atoms with van der Waals surface area (Å²) in [6.07, 6.45) is 2.64. The highest BCUT2D eigenvalue weighted by Gasteiger charge is 2.23. The minimum absolute atomic E-state index is 0.419. The first-order valence-electron chi connectivity index (χ1n) is 6.23. The zero-order valence-electron chi connectivity index (χ0n) is 10.4. The predicted octanol–water partition coefficient (Wildman–Crippen LogP) is 2.40. The van der Waals surface area contributed by atoms with Gasteiger partial charge in [-0.15, -0.1) is 0 Å². The molecule has 1 fully saturated rings. The van der Waals surface area contributed by atoms with Gasteiger partial charge in [0.25, 0.3) is 0 Å². The fraction of sp³-hybridized carbons (Fsp3) is 0.571. The predicted molar refractivity (Wildman–Crippen MR) is 68.5 cm³/mol. The summed E-state index contributed by atoms with van der Waals surface area (Å²) < 4.78 is 0. The van der Waals surface area contributed by atoms with Crippen molar-refractivity contribution in [3.63, 3.8) is 0 Å². The Labute approximate surface area is 98.4 Å². The zero-order valence-corrected chi connectivity index (χ0v) is 10.4. The first-order chi connectivity index (χ1) is 7.72. The van der Waals surface area contributed by atoms with Gasteiger partial charge in [-0.05, 0) is 50.9 Å². The summed E-state index contributed by atoms with van der Waals surface area (Å²) >= 11 is 0. The van der Waals surface area contributed by atoms with E-state index in [0.29, 0.717) is 6.04 Å². The van der Waals surface area contributed by atoms with Crippen LogP contribution in [0.5, 0.6) is 0 Å². The number of nitrogens with zero attached hydrogens (tertiary/aromatic N) is 1. The summed E-state index contributed by atoms with van der Waals surface area (Å²) in [5.74, 6) is 0. The third kappa shape index (κ3) is 2.28. The van der Waals surface area contributed by atoms with Gasteiger partial charge >= 0.3 is 0 Å². The Balaban J connectivity index is 2.28. The van der Waals surface area contributed by atoms with Crippen molar-refractivity contribution in [3.05, 3.63) is 34.9 Å². The fourth-order valence-corrected chi connectivity index (χ4v) is 2.64. The molecular formula is C14H22N2. The van der Waals surface area contributed by atoms with Crippen molar-refractivity contribution in [2.75, 3.05) is 19.6 Å². The molecular weight excluding hydrogens is 196 g/mol. The summed E-state index contributed by atoms with van der Waals surface area (Å²) in [6, 6.07) is 7.10. The first-order valence-corrected chi connectivity index (χ1v) is 6.23. The number of aryl methyl sites for hydroxylation is 2. The fourth-order valence-electron chi connectivity index (χ4n) is 2.64. The van der Waals surface area contributed by atoms with Crippen LogP contribution in [0, 0.1) is 13.8 Å². The van der Waals surface area contributed by atoms with E-state index in [0.717, 1.165) is 6.54 Å². The minimum Gasteiger partial charge on any atom is -0.329 e. The van der Waals surface area contributed by atoms with Crippen molar-refractivity contribution in [2.24, 2.45) is 5.73 Å². The average Bonchev–Trinajstić information content (AvgIpc) is 2.78. The lowest BCUT2D eigenvalue weighted by Crippen LogP contribution is -2.31. The summed E-state index contributed by atoms with van der Waals surface area (Å²) in [5.41, 5.74) is 10.1. The molecule has 1 unspecified atom stereocenters. The van der Waals surface area contributed by atoms with Crippen molar-refractivity contribution in [1.29, 1.82) is 0 Å². The number of hydrogen-bond donors (Lipinski definition) is 1. The van der Waals surface area contributed by atoms with Crippen LogP contribution in [-0.4, -0.2) is 24.5 Å². The Kier molecular flexibility index (Phi) is 3.62. The average molecular weight is 218 g/mol. The number of likely N-dealkylation sites (tertiary alicyclic amines) is 1. The van der Waals surface area contributed by atoms with Gasteiger partial charge in [0.05, 0.1) is 0 Å². The number of rotatable bonds is 3. The van der Waals surface area contributed by atoms with E-state index in [1.807, 2.05) is 0 Å². The normalized spacial score (nSPS) is 18.9. The molecule has 0 aromatic heterocycles. The Morgan fingerprint density at radius 1 is 1.25 bits per heavy atom. The van der Waals surface area contributed by atoms with Crippen LogP contribution < -0.4 is 5.73 Å². The van der Waals surface area contributed by atoms with Gasteiger partial charge in [-0.3, -0.25) is 4.90 Å². The quantitative estimate of drug-likeness (QED) is 0.844. The van der Waals surface area contributed by atoms with Gasteiger partial charge in [0.2, 0.25) is 0 Å². The maximum Gasteiger partial charge on any atom is 0.0473 e. The highest BCUT2D eigenvalue weighted by atomic mass is 15.2. The van der Waals surface area contributed by atoms with E-state index in [2.05, 4.69) is 36.9 Å².